The van der Waals surface area contributed by atoms with Gasteiger partial charge in [-0.1, -0.05) is 6.58 Å². The molecule has 1 aliphatic rings. The Morgan fingerprint density at radius 1 is 1.52 bits per heavy atom. The summed E-state index contributed by atoms with van der Waals surface area (Å²) in [5.41, 5.74) is 0. The van der Waals surface area contributed by atoms with Gasteiger partial charge in [-0.25, -0.2) is 4.99 Å². The molecular weight excluding hydrogens is 266 g/mol. The molecule has 6 heteroatoms. The second-order valence-electron chi connectivity index (χ2n) is 4.92. The molecule has 1 aliphatic heterocycles. The molecule has 1 rings (SSSR count). The molecule has 0 bridgehead atoms. The van der Waals surface area contributed by atoms with Crippen molar-refractivity contribution in [2.75, 3.05) is 33.7 Å². The van der Waals surface area contributed by atoms with Crippen LogP contribution in [0, 0.1) is 5.92 Å². The third-order valence-electron chi connectivity index (χ3n) is 3.51. The topological polar surface area (TPSA) is 69.1 Å². The normalized spacial score (nSPS) is 19.9. The minimum atomic E-state index is -0.121. The second-order valence-corrected chi connectivity index (χ2v) is 4.92. The number of amides is 1. The van der Waals surface area contributed by atoms with Gasteiger partial charge in [-0.3, -0.25) is 9.79 Å². The summed E-state index contributed by atoms with van der Waals surface area (Å²) >= 11 is 0. The lowest BCUT2D eigenvalue weighted by Gasteiger charge is -2.34. The Morgan fingerprint density at radius 3 is 2.86 bits per heavy atom. The predicted molar refractivity (Wildman–Crippen MR) is 87.6 cm³/mol. The molecule has 0 aromatic heterocycles. The zero-order chi connectivity index (χ0) is 15.7. The number of rotatable bonds is 6. The molecule has 0 aromatic rings. The van der Waals surface area contributed by atoms with Gasteiger partial charge in [0.15, 0.2) is 0 Å². The van der Waals surface area contributed by atoms with Crippen molar-refractivity contribution in [3.05, 3.63) is 24.6 Å². The lowest BCUT2D eigenvalue weighted by Crippen LogP contribution is -2.43. The number of carbonyl (C=O) groups is 1. The van der Waals surface area contributed by atoms with Crippen molar-refractivity contribution in [1.29, 1.82) is 0 Å². The number of hydrogen-bond acceptors (Lipinski definition) is 4. The second kappa shape index (κ2) is 8.94. The van der Waals surface area contributed by atoms with E-state index in [2.05, 4.69) is 38.8 Å². The van der Waals surface area contributed by atoms with Crippen molar-refractivity contribution >= 4 is 18.5 Å². The summed E-state index contributed by atoms with van der Waals surface area (Å²) < 4.78 is 0. The number of carbonyl (C=O) groups excluding carboxylic acids is 1. The summed E-state index contributed by atoms with van der Waals surface area (Å²) in [6.07, 6.45) is 5.38. The van der Waals surface area contributed by atoms with E-state index < -0.39 is 0 Å². The fourth-order valence-corrected chi connectivity index (χ4v) is 2.37. The van der Waals surface area contributed by atoms with Gasteiger partial charge in [0.1, 0.15) is 11.7 Å². The van der Waals surface area contributed by atoms with Gasteiger partial charge in [0.05, 0.1) is 0 Å². The van der Waals surface area contributed by atoms with Gasteiger partial charge in [0, 0.05) is 39.8 Å². The van der Waals surface area contributed by atoms with E-state index in [9.17, 15) is 4.79 Å². The third-order valence-corrected chi connectivity index (χ3v) is 3.51. The van der Waals surface area contributed by atoms with Gasteiger partial charge in [-0.05, 0) is 31.6 Å². The van der Waals surface area contributed by atoms with Crippen molar-refractivity contribution in [1.82, 2.24) is 15.5 Å². The third kappa shape index (κ3) is 5.41. The average molecular weight is 291 g/mol. The Hall–Kier alpha value is -2.11. The number of piperidine rings is 1. The fraction of sp³-hybridized carbons (Fsp3) is 0.533. The monoisotopic (exact) mass is 291 g/mol. The maximum absolute atomic E-state index is 11.2. The van der Waals surface area contributed by atoms with Crippen molar-refractivity contribution in [2.24, 2.45) is 15.9 Å². The Kier molecular flexibility index (Phi) is 7.21. The number of likely N-dealkylation sites (tertiary alicyclic amines) is 1. The molecular formula is C15H25N5O. The molecule has 1 unspecified atom stereocenters. The molecule has 2 N–H and O–H groups in total. The quantitative estimate of drug-likeness (QED) is 0.432. The van der Waals surface area contributed by atoms with Crippen LogP contribution < -0.4 is 10.6 Å². The summed E-state index contributed by atoms with van der Waals surface area (Å²) in [7, 11) is 3.57. The molecule has 0 aromatic carbocycles. The minimum Gasteiger partial charge on any atom is -0.373 e. The summed E-state index contributed by atoms with van der Waals surface area (Å²) in [6.45, 7) is 9.48. The van der Waals surface area contributed by atoms with Gasteiger partial charge in [-0.2, -0.15) is 0 Å². The minimum absolute atomic E-state index is 0.121. The van der Waals surface area contributed by atoms with Crippen LogP contribution in [-0.4, -0.2) is 57.1 Å². The molecule has 6 nitrogen and oxygen atoms in total. The summed E-state index contributed by atoms with van der Waals surface area (Å²) in [5, 5.41) is 5.83. The predicted octanol–water partition coefficient (Wildman–Crippen LogP) is 0.790. The molecule has 0 aliphatic carbocycles. The van der Waals surface area contributed by atoms with Crippen LogP contribution in [0.4, 0.5) is 0 Å². The zero-order valence-corrected chi connectivity index (χ0v) is 12.9. The molecule has 1 heterocycles. The van der Waals surface area contributed by atoms with Crippen LogP contribution >= 0.6 is 0 Å². The molecule has 0 radical (unpaired) electrons. The fourth-order valence-electron chi connectivity index (χ4n) is 2.37. The van der Waals surface area contributed by atoms with E-state index >= 15 is 0 Å². The molecule has 1 atom stereocenters. The van der Waals surface area contributed by atoms with E-state index in [-0.39, 0.29) is 5.91 Å². The average Bonchev–Trinajstić information content (AvgIpc) is 2.54. The van der Waals surface area contributed by atoms with Gasteiger partial charge < -0.3 is 15.5 Å². The summed E-state index contributed by atoms with van der Waals surface area (Å²) in [5.74, 6) is 1.87. The van der Waals surface area contributed by atoms with Gasteiger partial charge in [-0.15, -0.1) is 0 Å². The Labute approximate surface area is 126 Å². The van der Waals surface area contributed by atoms with Crippen LogP contribution in [0.3, 0.4) is 0 Å². The number of nitrogens with zero attached hydrogens (tertiary/aromatic N) is 3. The van der Waals surface area contributed by atoms with E-state index in [1.807, 2.05) is 6.08 Å². The first-order valence-electron chi connectivity index (χ1n) is 7.12. The zero-order valence-electron chi connectivity index (χ0n) is 12.9. The van der Waals surface area contributed by atoms with Crippen LogP contribution in [0.25, 0.3) is 0 Å². The first-order valence-corrected chi connectivity index (χ1v) is 7.12. The highest BCUT2D eigenvalue weighted by atomic mass is 16.1. The Morgan fingerprint density at radius 2 is 2.29 bits per heavy atom. The van der Waals surface area contributed by atoms with Crippen molar-refractivity contribution in [3.63, 3.8) is 0 Å². The smallest absolute Gasteiger partial charge is 0.243 e. The van der Waals surface area contributed by atoms with Gasteiger partial charge >= 0.3 is 0 Å². The van der Waals surface area contributed by atoms with Crippen LogP contribution in [0.15, 0.2) is 34.5 Å². The van der Waals surface area contributed by atoms with Crippen LogP contribution in [0.5, 0.6) is 0 Å². The van der Waals surface area contributed by atoms with E-state index in [1.165, 1.54) is 6.08 Å². The van der Waals surface area contributed by atoms with Crippen LogP contribution in [0.2, 0.25) is 0 Å². The highest BCUT2D eigenvalue weighted by Gasteiger charge is 2.21. The number of nitrogens with one attached hydrogen (secondary N) is 2. The molecule has 0 spiro atoms. The van der Waals surface area contributed by atoms with E-state index in [0.29, 0.717) is 18.3 Å². The van der Waals surface area contributed by atoms with E-state index in [1.54, 1.807) is 14.1 Å². The molecule has 1 saturated heterocycles. The Balaban J connectivity index is 2.65. The first-order chi connectivity index (χ1) is 10.1. The number of amidine groups is 1. The van der Waals surface area contributed by atoms with E-state index in [0.717, 1.165) is 31.8 Å². The van der Waals surface area contributed by atoms with Gasteiger partial charge in [0.2, 0.25) is 5.91 Å². The molecule has 1 amide bonds. The van der Waals surface area contributed by atoms with Crippen molar-refractivity contribution in [2.45, 2.75) is 12.8 Å². The SMILES string of the molecule is C=CC(=O)NCC1CCCN(C(/C=C(\N=C)NC)=N/C)C1. The lowest BCUT2D eigenvalue weighted by atomic mass is 9.97. The largest absolute Gasteiger partial charge is 0.373 e. The summed E-state index contributed by atoms with van der Waals surface area (Å²) in [4.78, 5) is 21.7. The molecule has 0 saturated carbocycles. The molecule has 1 fully saturated rings. The Bertz CT molecular complexity index is 441. The first kappa shape index (κ1) is 16.9. The highest BCUT2D eigenvalue weighted by molar-refractivity contribution is 5.93. The van der Waals surface area contributed by atoms with Crippen molar-refractivity contribution < 1.29 is 4.79 Å². The van der Waals surface area contributed by atoms with E-state index in [4.69, 9.17) is 0 Å². The summed E-state index contributed by atoms with van der Waals surface area (Å²) in [6, 6.07) is 0. The lowest BCUT2D eigenvalue weighted by molar-refractivity contribution is -0.116. The molecule has 116 valence electrons. The highest BCUT2D eigenvalue weighted by Crippen LogP contribution is 2.17. The van der Waals surface area contributed by atoms with Gasteiger partial charge in [0.25, 0.3) is 0 Å². The number of aliphatic imine (C=N–C) groups is 2. The maximum atomic E-state index is 11.2. The maximum Gasteiger partial charge on any atom is 0.243 e. The van der Waals surface area contributed by atoms with Crippen LogP contribution in [0.1, 0.15) is 12.8 Å². The number of hydrogen-bond donors (Lipinski definition) is 2. The standard InChI is InChI=1S/C15H25N5O/c1-5-15(21)19-10-12-7-6-8-20(11-12)14(18-4)9-13(16-2)17-3/h5,9,12,17H,1-2,6-8,10-11H2,3-4H3,(H,19,21)/b13-9+,18-14+. The van der Waals surface area contributed by atoms with Crippen molar-refractivity contribution in [3.8, 4) is 0 Å². The molecule has 21 heavy (non-hydrogen) atoms. The van der Waals surface area contributed by atoms with Crippen LogP contribution in [-0.2, 0) is 4.79 Å².